The molecule has 1 aliphatic heterocycles. The van der Waals surface area contributed by atoms with Crippen LogP contribution >= 0.6 is 0 Å². The van der Waals surface area contributed by atoms with Crippen molar-refractivity contribution in [1.82, 2.24) is 15.3 Å². The van der Waals surface area contributed by atoms with Crippen molar-refractivity contribution in [3.05, 3.63) is 41.3 Å². The van der Waals surface area contributed by atoms with Gasteiger partial charge in [-0.15, -0.1) is 0 Å². The lowest BCUT2D eigenvalue weighted by atomic mass is 10.1. The van der Waals surface area contributed by atoms with Gasteiger partial charge in [0.15, 0.2) is 5.82 Å². The van der Waals surface area contributed by atoms with Gasteiger partial charge in [-0.25, -0.2) is 9.37 Å². The third-order valence-electron chi connectivity index (χ3n) is 3.17. The van der Waals surface area contributed by atoms with E-state index in [1.807, 2.05) is 0 Å². The van der Waals surface area contributed by atoms with Crippen LogP contribution in [0.25, 0.3) is 11.4 Å². The number of fused-ring (bicyclic) bond motifs is 1. The Morgan fingerprint density at radius 2 is 2.21 bits per heavy atom. The highest BCUT2D eigenvalue weighted by molar-refractivity contribution is 5.56. The first-order valence-corrected chi connectivity index (χ1v) is 6.18. The van der Waals surface area contributed by atoms with Crippen molar-refractivity contribution in [2.45, 2.75) is 13.0 Å². The van der Waals surface area contributed by atoms with Gasteiger partial charge in [-0.05, 0) is 12.1 Å². The number of benzene rings is 1. The highest BCUT2D eigenvalue weighted by atomic mass is 19.1. The van der Waals surface area contributed by atoms with Crippen molar-refractivity contribution in [2.75, 3.05) is 13.7 Å². The zero-order valence-corrected chi connectivity index (χ0v) is 10.6. The van der Waals surface area contributed by atoms with Gasteiger partial charge in [-0.2, -0.15) is 4.98 Å². The molecule has 0 fully saturated rings. The maximum Gasteiger partial charge on any atom is 0.221 e. The lowest BCUT2D eigenvalue weighted by Gasteiger charge is -2.19. The van der Waals surface area contributed by atoms with Gasteiger partial charge in [0.05, 0.1) is 12.8 Å². The molecular formula is C14H14FN3O. The second-order valence-electron chi connectivity index (χ2n) is 4.42. The van der Waals surface area contributed by atoms with Crippen molar-refractivity contribution < 1.29 is 9.13 Å². The minimum atomic E-state index is -0.292. The van der Waals surface area contributed by atoms with Crippen LogP contribution in [-0.2, 0) is 13.0 Å². The van der Waals surface area contributed by atoms with Crippen LogP contribution in [0.1, 0.15) is 11.3 Å². The van der Waals surface area contributed by atoms with E-state index in [-0.39, 0.29) is 5.82 Å². The van der Waals surface area contributed by atoms with E-state index in [2.05, 4.69) is 15.3 Å². The van der Waals surface area contributed by atoms with Crippen LogP contribution in [0, 0.1) is 5.82 Å². The lowest BCUT2D eigenvalue weighted by molar-refractivity contribution is 0.386. The Morgan fingerprint density at radius 3 is 3.00 bits per heavy atom. The molecule has 5 heteroatoms. The summed E-state index contributed by atoms with van der Waals surface area (Å²) in [6, 6.07) is 6.29. The van der Waals surface area contributed by atoms with E-state index in [1.54, 1.807) is 19.2 Å². The fourth-order valence-electron chi connectivity index (χ4n) is 2.24. The number of rotatable bonds is 2. The zero-order valence-electron chi connectivity index (χ0n) is 10.6. The smallest absolute Gasteiger partial charge is 0.221 e. The second kappa shape index (κ2) is 4.93. The van der Waals surface area contributed by atoms with Crippen LogP contribution in [0.5, 0.6) is 5.88 Å². The van der Waals surface area contributed by atoms with Gasteiger partial charge in [-0.3, -0.25) is 0 Å². The van der Waals surface area contributed by atoms with E-state index < -0.39 is 0 Å². The summed E-state index contributed by atoms with van der Waals surface area (Å²) in [5.74, 6) is 0.785. The fourth-order valence-corrected chi connectivity index (χ4v) is 2.24. The highest BCUT2D eigenvalue weighted by Gasteiger charge is 2.18. The number of nitrogens with zero attached hydrogens (tertiary/aromatic N) is 2. The minimum absolute atomic E-state index is 0.292. The molecule has 4 nitrogen and oxygen atoms in total. The summed E-state index contributed by atoms with van der Waals surface area (Å²) in [5, 5.41) is 3.26. The van der Waals surface area contributed by atoms with Crippen LogP contribution in [0.2, 0.25) is 0 Å². The van der Waals surface area contributed by atoms with Gasteiger partial charge in [0, 0.05) is 30.6 Å². The first-order chi connectivity index (χ1) is 9.28. The predicted octanol–water partition coefficient (Wildman–Crippen LogP) is 1.94. The van der Waals surface area contributed by atoms with E-state index in [4.69, 9.17) is 4.74 Å². The van der Waals surface area contributed by atoms with Gasteiger partial charge in [0.25, 0.3) is 0 Å². The molecule has 19 heavy (non-hydrogen) atoms. The Hall–Kier alpha value is -2.01. The summed E-state index contributed by atoms with van der Waals surface area (Å²) in [7, 11) is 1.59. The van der Waals surface area contributed by atoms with Gasteiger partial charge >= 0.3 is 0 Å². The first-order valence-electron chi connectivity index (χ1n) is 6.18. The molecule has 0 aliphatic carbocycles. The Labute approximate surface area is 110 Å². The molecule has 98 valence electrons. The standard InChI is InChI=1S/C14H14FN3O/c1-19-14-11-8-16-6-5-12(11)17-13(18-14)9-3-2-4-10(15)7-9/h2-4,7,16H,5-6,8H2,1H3. The molecule has 2 aromatic rings. The summed E-state index contributed by atoms with van der Waals surface area (Å²) in [5.41, 5.74) is 2.64. The average Bonchev–Trinajstić information content (AvgIpc) is 2.46. The van der Waals surface area contributed by atoms with Crippen LogP contribution in [-0.4, -0.2) is 23.6 Å². The van der Waals surface area contributed by atoms with E-state index in [0.29, 0.717) is 23.8 Å². The van der Waals surface area contributed by atoms with Crippen LogP contribution in [0.4, 0.5) is 4.39 Å². The van der Waals surface area contributed by atoms with Crippen molar-refractivity contribution in [3.63, 3.8) is 0 Å². The number of hydrogen-bond acceptors (Lipinski definition) is 4. The maximum atomic E-state index is 13.3. The van der Waals surface area contributed by atoms with Crippen molar-refractivity contribution >= 4 is 0 Å². The topological polar surface area (TPSA) is 47.0 Å². The van der Waals surface area contributed by atoms with Gasteiger partial charge in [-0.1, -0.05) is 12.1 Å². The quantitative estimate of drug-likeness (QED) is 0.895. The normalized spacial score (nSPS) is 14.0. The Kier molecular flexibility index (Phi) is 3.13. The van der Waals surface area contributed by atoms with Crippen LogP contribution < -0.4 is 10.1 Å². The molecule has 0 spiro atoms. The number of hydrogen-bond donors (Lipinski definition) is 1. The predicted molar refractivity (Wildman–Crippen MR) is 69.4 cm³/mol. The monoisotopic (exact) mass is 259 g/mol. The second-order valence-corrected chi connectivity index (χ2v) is 4.42. The molecule has 0 saturated heterocycles. The van der Waals surface area contributed by atoms with Crippen LogP contribution in [0.3, 0.4) is 0 Å². The van der Waals surface area contributed by atoms with E-state index in [0.717, 1.165) is 24.2 Å². The lowest BCUT2D eigenvalue weighted by Crippen LogP contribution is -2.25. The van der Waals surface area contributed by atoms with E-state index >= 15 is 0 Å². The summed E-state index contributed by atoms with van der Waals surface area (Å²) in [6.45, 7) is 1.59. The minimum Gasteiger partial charge on any atom is -0.481 e. The van der Waals surface area contributed by atoms with Crippen LogP contribution in [0.15, 0.2) is 24.3 Å². The van der Waals surface area contributed by atoms with E-state index in [9.17, 15) is 4.39 Å². The Balaban J connectivity index is 2.12. The van der Waals surface area contributed by atoms with Crippen molar-refractivity contribution in [3.8, 4) is 17.3 Å². The molecule has 0 saturated carbocycles. The Bertz CT molecular complexity index is 598. The number of halogens is 1. The number of methoxy groups -OCH3 is 1. The summed E-state index contributed by atoms with van der Waals surface area (Å²) in [6.07, 6.45) is 0.830. The van der Waals surface area contributed by atoms with E-state index in [1.165, 1.54) is 12.1 Å². The molecule has 0 bridgehead atoms. The molecule has 0 radical (unpaired) electrons. The average molecular weight is 259 g/mol. The SMILES string of the molecule is COc1nc(-c2cccc(F)c2)nc2c1CNCC2. The summed E-state index contributed by atoms with van der Waals surface area (Å²) >= 11 is 0. The van der Waals surface area contributed by atoms with Crippen molar-refractivity contribution in [2.24, 2.45) is 0 Å². The first kappa shape index (κ1) is 12.0. The third-order valence-corrected chi connectivity index (χ3v) is 3.17. The molecule has 2 heterocycles. The summed E-state index contributed by atoms with van der Waals surface area (Å²) in [4.78, 5) is 8.91. The molecule has 1 aromatic heterocycles. The molecule has 1 aromatic carbocycles. The number of aromatic nitrogens is 2. The number of nitrogens with one attached hydrogen (secondary N) is 1. The molecule has 1 N–H and O–H groups in total. The largest absolute Gasteiger partial charge is 0.481 e. The highest BCUT2D eigenvalue weighted by Crippen LogP contribution is 2.26. The van der Waals surface area contributed by atoms with Gasteiger partial charge in [0.1, 0.15) is 5.82 Å². The molecule has 0 unspecified atom stereocenters. The van der Waals surface area contributed by atoms with Gasteiger partial charge in [0.2, 0.25) is 5.88 Å². The Morgan fingerprint density at radius 1 is 1.32 bits per heavy atom. The maximum absolute atomic E-state index is 13.3. The molecule has 3 rings (SSSR count). The third kappa shape index (κ3) is 2.29. The number of ether oxygens (including phenoxy) is 1. The zero-order chi connectivity index (χ0) is 13.2. The molecule has 1 aliphatic rings. The van der Waals surface area contributed by atoms with Crippen molar-refractivity contribution in [1.29, 1.82) is 0 Å². The molecule has 0 atom stereocenters. The molecular weight excluding hydrogens is 245 g/mol. The molecule has 0 amide bonds. The fraction of sp³-hybridized carbons (Fsp3) is 0.286. The summed E-state index contributed by atoms with van der Waals surface area (Å²) < 4.78 is 18.6. The van der Waals surface area contributed by atoms with Gasteiger partial charge < -0.3 is 10.1 Å².